The molecule has 0 saturated carbocycles. The molecule has 21 heavy (non-hydrogen) atoms. The Kier molecular flexibility index (Phi) is 6.25. The molecular weight excluding hydrogens is 276 g/mol. The molecule has 8 heteroatoms. The summed E-state index contributed by atoms with van der Waals surface area (Å²) < 4.78 is 0. The van der Waals surface area contributed by atoms with Crippen molar-refractivity contribution in [3.05, 3.63) is 38.4 Å². The first-order valence-corrected chi connectivity index (χ1v) is 6.73. The minimum Gasteiger partial charge on any atom is -0.272 e. The van der Waals surface area contributed by atoms with Gasteiger partial charge in [0.25, 0.3) is 5.69 Å². The van der Waals surface area contributed by atoms with Gasteiger partial charge in [0, 0.05) is 11.8 Å². The molecule has 0 amide bonds. The van der Waals surface area contributed by atoms with E-state index in [9.17, 15) is 20.2 Å². The third kappa shape index (κ3) is 4.83. The molecule has 0 bridgehead atoms. The summed E-state index contributed by atoms with van der Waals surface area (Å²) in [5.41, 5.74) is 3.04. The second-order valence-electron chi connectivity index (χ2n) is 4.51. The molecule has 0 aliphatic heterocycles. The molecule has 8 nitrogen and oxygen atoms in total. The van der Waals surface area contributed by atoms with Crippen LogP contribution >= 0.6 is 0 Å². The number of anilines is 1. The second-order valence-corrected chi connectivity index (χ2v) is 4.51. The Labute approximate surface area is 122 Å². The number of nitrogens with zero attached hydrogens (tertiary/aromatic N) is 3. The smallest absolute Gasteiger partial charge is 0.272 e. The van der Waals surface area contributed by atoms with Gasteiger partial charge in [0.1, 0.15) is 5.69 Å². The van der Waals surface area contributed by atoms with Gasteiger partial charge >= 0.3 is 5.69 Å². The van der Waals surface area contributed by atoms with Crippen molar-refractivity contribution in [2.75, 3.05) is 5.43 Å². The summed E-state index contributed by atoms with van der Waals surface area (Å²) in [6, 6.07) is 3.44. The Morgan fingerprint density at radius 1 is 1.14 bits per heavy atom. The van der Waals surface area contributed by atoms with Gasteiger partial charge in [-0.25, -0.2) is 0 Å². The van der Waals surface area contributed by atoms with Crippen molar-refractivity contribution in [1.82, 2.24) is 0 Å². The fourth-order valence-electron chi connectivity index (χ4n) is 1.83. The molecular formula is C13H18N4O4. The molecule has 0 aromatic heterocycles. The molecule has 1 aromatic carbocycles. The van der Waals surface area contributed by atoms with Crippen molar-refractivity contribution in [1.29, 1.82) is 0 Å². The Morgan fingerprint density at radius 2 is 1.76 bits per heavy atom. The first kappa shape index (κ1) is 16.5. The topological polar surface area (TPSA) is 111 Å². The van der Waals surface area contributed by atoms with E-state index in [1.165, 1.54) is 12.1 Å². The number of nitrogens with one attached hydrogen (secondary N) is 1. The van der Waals surface area contributed by atoms with Crippen LogP contribution in [0, 0.1) is 20.2 Å². The molecule has 0 fully saturated rings. The number of benzene rings is 1. The molecule has 0 heterocycles. The van der Waals surface area contributed by atoms with Crippen LogP contribution in [0.15, 0.2) is 23.3 Å². The van der Waals surface area contributed by atoms with Gasteiger partial charge in [0.15, 0.2) is 0 Å². The first-order chi connectivity index (χ1) is 9.99. The molecule has 0 spiro atoms. The summed E-state index contributed by atoms with van der Waals surface area (Å²) in [6.45, 7) is 4.05. The van der Waals surface area contributed by atoms with Crippen LogP contribution in [-0.2, 0) is 0 Å². The SMILES string of the molecule is CCCC(CCC)=NNc1ccc([N+](=O)[O-])cc1[N+](=O)[O-]. The zero-order valence-corrected chi connectivity index (χ0v) is 12.0. The highest BCUT2D eigenvalue weighted by molar-refractivity contribution is 5.85. The quantitative estimate of drug-likeness (QED) is 0.444. The lowest BCUT2D eigenvalue weighted by atomic mass is 10.1. The third-order valence-corrected chi connectivity index (χ3v) is 2.80. The molecule has 114 valence electrons. The summed E-state index contributed by atoms with van der Waals surface area (Å²) in [5.74, 6) is 0. The molecule has 0 unspecified atom stereocenters. The monoisotopic (exact) mass is 294 g/mol. The van der Waals surface area contributed by atoms with Crippen molar-refractivity contribution < 1.29 is 9.85 Å². The van der Waals surface area contributed by atoms with E-state index in [4.69, 9.17) is 0 Å². The molecule has 0 saturated heterocycles. The number of rotatable bonds is 8. The Hall–Kier alpha value is -2.51. The number of nitro groups is 2. The lowest BCUT2D eigenvalue weighted by Gasteiger charge is -2.06. The summed E-state index contributed by atoms with van der Waals surface area (Å²) >= 11 is 0. The highest BCUT2D eigenvalue weighted by atomic mass is 16.6. The predicted octanol–water partition coefficient (Wildman–Crippen LogP) is 3.87. The minimum atomic E-state index is -0.667. The van der Waals surface area contributed by atoms with Crippen LogP contribution in [0.1, 0.15) is 39.5 Å². The number of nitro benzene ring substituents is 2. The number of hydrogen-bond donors (Lipinski definition) is 1. The maximum atomic E-state index is 11.0. The lowest BCUT2D eigenvalue weighted by Crippen LogP contribution is -2.04. The van der Waals surface area contributed by atoms with Crippen molar-refractivity contribution >= 4 is 22.8 Å². The standard InChI is InChI=1S/C13H18N4O4/c1-3-5-10(6-4-2)14-15-12-8-7-11(16(18)19)9-13(12)17(20)21/h7-9,15H,3-6H2,1-2H3. The largest absolute Gasteiger partial charge is 0.301 e. The van der Waals surface area contributed by atoms with Crippen molar-refractivity contribution in [2.45, 2.75) is 39.5 Å². The van der Waals surface area contributed by atoms with E-state index in [0.29, 0.717) is 0 Å². The Balaban J connectivity index is 3.04. The zero-order chi connectivity index (χ0) is 15.8. The molecule has 1 aromatic rings. The third-order valence-electron chi connectivity index (χ3n) is 2.80. The Morgan fingerprint density at radius 3 is 2.24 bits per heavy atom. The van der Waals surface area contributed by atoms with Crippen LogP contribution < -0.4 is 5.43 Å². The highest BCUT2D eigenvalue weighted by Crippen LogP contribution is 2.29. The Bertz CT molecular complexity index is 549. The van der Waals surface area contributed by atoms with Crippen LogP contribution in [-0.4, -0.2) is 15.6 Å². The number of hydrazone groups is 1. The lowest BCUT2D eigenvalue weighted by molar-refractivity contribution is -0.393. The highest BCUT2D eigenvalue weighted by Gasteiger charge is 2.19. The van der Waals surface area contributed by atoms with E-state index in [-0.39, 0.29) is 17.1 Å². The molecule has 0 radical (unpaired) electrons. The van der Waals surface area contributed by atoms with Gasteiger partial charge < -0.3 is 0 Å². The summed E-state index contributed by atoms with van der Waals surface area (Å²) in [7, 11) is 0. The van der Waals surface area contributed by atoms with Gasteiger partial charge in [-0.2, -0.15) is 5.10 Å². The number of non-ortho nitro benzene ring substituents is 1. The van der Waals surface area contributed by atoms with E-state index in [1.54, 1.807) is 0 Å². The van der Waals surface area contributed by atoms with Crippen molar-refractivity contribution in [2.24, 2.45) is 5.10 Å². The molecule has 1 N–H and O–H groups in total. The predicted molar refractivity (Wildman–Crippen MR) is 80.6 cm³/mol. The van der Waals surface area contributed by atoms with Crippen molar-refractivity contribution in [3.8, 4) is 0 Å². The molecule has 1 rings (SSSR count). The summed E-state index contributed by atoms with van der Waals surface area (Å²) in [5, 5.41) is 25.8. The van der Waals surface area contributed by atoms with Gasteiger partial charge in [0.05, 0.1) is 15.9 Å². The summed E-state index contributed by atoms with van der Waals surface area (Å²) in [4.78, 5) is 20.3. The molecule has 0 aliphatic carbocycles. The number of hydrogen-bond acceptors (Lipinski definition) is 6. The minimum absolute atomic E-state index is 0.148. The average Bonchev–Trinajstić information content (AvgIpc) is 2.44. The fraction of sp³-hybridized carbons (Fsp3) is 0.462. The van der Waals surface area contributed by atoms with E-state index >= 15 is 0 Å². The van der Waals surface area contributed by atoms with E-state index in [0.717, 1.165) is 37.5 Å². The average molecular weight is 294 g/mol. The van der Waals surface area contributed by atoms with Crippen LogP contribution in [0.4, 0.5) is 17.1 Å². The van der Waals surface area contributed by atoms with Crippen LogP contribution in [0.5, 0.6) is 0 Å². The van der Waals surface area contributed by atoms with Gasteiger partial charge in [-0.05, 0) is 18.9 Å². The van der Waals surface area contributed by atoms with Crippen LogP contribution in [0.2, 0.25) is 0 Å². The fourth-order valence-corrected chi connectivity index (χ4v) is 1.83. The maximum Gasteiger partial charge on any atom is 0.301 e. The summed E-state index contributed by atoms with van der Waals surface area (Å²) in [6.07, 6.45) is 3.48. The molecule has 0 aliphatic rings. The van der Waals surface area contributed by atoms with Gasteiger partial charge in [0.2, 0.25) is 0 Å². The van der Waals surface area contributed by atoms with Gasteiger partial charge in [-0.1, -0.05) is 26.7 Å². The van der Waals surface area contributed by atoms with Crippen LogP contribution in [0.3, 0.4) is 0 Å². The first-order valence-electron chi connectivity index (χ1n) is 6.73. The van der Waals surface area contributed by atoms with Gasteiger partial charge in [-0.3, -0.25) is 25.7 Å². The van der Waals surface area contributed by atoms with Crippen molar-refractivity contribution in [3.63, 3.8) is 0 Å². The van der Waals surface area contributed by atoms with E-state index < -0.39 is 9.85 Å². The zero-order valence-electron chi connectivity index (χ0n) is 12.0. The van der Waals surface area contributed by atoms with E-state index in [1.807, 2.05) is 13.8 Å². The van der Waals surface area contributed by atoms with Gasteiger partial charge in [-0.15, -0.1) is 0 Å². The second kappa shape index (κ2) is 7.93. The molecule has 0 atom stereocenters. The van der Waals surface area contributed by atoms with Crippen LogP contribution in [0.25, 0.3) is 0 Å². The maximum absolute atomic E-state index is 11.0. The van der Waals surface area contributed by atoms with E-state index in [2.05, 4.69) is 10.5 Å². The normalized spacial score (nSPS) is 10.0.